The van der Waals surface area contributed by atoms with Crippen LogP contribution in [0.15, 0.2) is 62.5 Å². The summed E-state index contributed by atoms with van der Waals surface area (Å²) >= 11 is 0. The number of nitrogens with one attached hydrogen (secondary N) is 1. The fourth-order valence-corrected chi connectivity index (χ4v) is 4.34. The molecule has 3 heterocycles. The van der Waals surface area contributed by atoms with Gasteiger partial charge in [0.25, 0.3) is 0 Å². The smallest absolute Gasteiger partial charge is 0.358 e. The number of piperidine rings is 1. The molecule has 0 unspecified atom stereocenters. The van der Waals surface area contributed by atoms with Gasteiger partial charge in [-0.3, -0.25) is 9.36 Å². The first kappa shape index (κ1) is 19.3. The maximum atomic E-state index is 12.7. The van der Waals surface area contributed by atoms with Gasteiger partial charge in [0.1, 0.15) is 11.2 Å². The van der Waals surface area contributed by atoms with Crippen molar-refractivity contribution < 1.29 is 9.21 Å². The highest BCUT2D eigenvalue weighted by Gasteiger charge is 2.26. The molecule has 0 saturated carbocycles. The van der Waals surface area contributed by atoms with E-state index >= 15 is 0 Å². The maximum Gasteiger partial charge on any atom is 0.358 e. The molecule has 0 spiro atoms. The molecule has 0 atom stereocenters. The molecule has 1 N–H and O–H groups in total. The summed E-state index contributed by atoms with van der Waals surface area (Å²) in [6.45, 7) is 1.16. The Morgan fingerprint density at radius 3 is 2.65 bits per heavy atom. The number of rotatable bonds is 4. The van der Waals surface area contributed by atoms with Crippen molar-refractivity contribution in [1.82, 2.24) is 19.4 Å². The number of nitrogens with zero attached hydrogens (tertiary/aromatic N) is 3. The van der Waals surface area contributed by atoms with Gasteiger partial charge in [-0.15, -0.1) is 0 Å². The Kier molecular flexibility index (Phi) is 4.89. The lowest BCUT2D eigenvalue weighted by Crippen LogP contribution is -2.40. The Balaban J connectivity index is 1.23. The third-order valence-corrected chi connectivity index (χ3v) is 5.94. The van der Waals surface area contributed by atoms with Crippen LogP contribution in [0.25, 0.3) is 22.1 Å². The van der Waals surface area contributed by atoms with Gasteiger partial charge in [-0.2, -0.15) is 0 Å². The number of hydrogen-bond donors (Lipinski definition) is 1. The van der Waals surface area contributed by atoms with Crippen molar-refractivity contribution in [2.75, 3.05) is 13.1 Å². The summed E-state index contributed by atoms with van der Waals surface area (Å²) < 4.78 is 7.10. The Morgan fingerprint density at radius 2 is 1.81 bits per heavy atom. The van der Waals surface area contributed by atoms with E-state index in [4.69, 9.17) is 4.42 Å². The monoisotopic (exact) mass is 418 g/mol. The molecule has 1 saturated heterocycles. The summed E-state index contributed by atoms with van der Waals surface area (Å²) in [6.07, 6.45) is 1.87. The molecule has 158 valence electrons. The highest BCUT2D eigenvalue weighted by molar-refractivity contribution is 5.77. The lowest BCUT2D eigenvalue weighted by molar-refractivity contribution is -0.132. The van der Waals surface area contributed by atoms with Crippen LogP contribution in [0.2, 0.25) is 0 Å². The van der Waals surface area contributed by atoms with Crippen molar-refractivity contribution in [2.24, 2.45) is 0 Å². The average molecular weight is 418 g/mol. The summed E-state index contributed by atoms with van der Waals surface area (Å²) in [7, 11) is 0. The third-order valence-electron chi connectivity index (χ3n) is 5.94. The fraction of sp³-hybridized carbons (Fsp3) is 0.304. The molecule has 1 fully saturated rings. The number of H-pyrrole nitrogens is 1. The Morgan fingerprint density at radius 1 is 1.06 bits per heavy atom. The van der Waals surface area contributed by atoms with Crippen molar-refractivity contribution in [3.63, 3.8) is 0 Å². The summed E-state index contributed by atoms with van der Waals surface area (Å²) in [4.78, 5) is 46.3. The maximum absolute atomic E-state index is 12.7. The minimum atomic E-state index is -0.496. The fourth-order valence-electron chi connectivity index (χ4n) is 4.34. The van der Waals surface area contributed by atoms with Gasteiger partial charge in [0, 0.05) is 32.0 Å². The summed E-state index contributed by atoms with van der Waals surface area (Å²) in [6, 6.07) is 14.8. The molecular weight excluding hydrogens is 396 g/mol. The van der Waals surface area contributed by atoms with Gasteiger partial charge >= 0.3 is 11.3 Å². The van der Waals surface area contributed by atoms with E-state index in [0.29, 0.717) is 37.0 Å². The second kappa shape index (κ2) is 7.86. The molecule has 2 aromatic carbocycles. The van der Waals surface area contributed by atoms with Gasteiger partial charge in [0.2, 0.25) is 5.91 Å². The Labute approximate surface area is 177 Å². The van der Waals surface area contributed by atoms with Crippen LogP contribution in [0.3, 0.4) is 0 Å². The van der Waals surface area contributed by atoms with Crippen LogP contribution in [0.5, 0.6) is 0 Å². The number of carbonyl (C=O) groups excluding carboxylic acids is 1. The summed E-state index contributed by atoms with van der Waals surface area (Å²) in [5, 5.41) is 0. The molecule has 0 aliphatic carbocycles. The number of amides is 1. The van der Waals surface area contributed by atoms with E-state index in [1.54, 1.807) is 27.7 Å². The van der Waals surface area contributed by atoms with E-state index in [-0.39, 0.29) is 36.2 Å². The number of aromatic amines is 1. The standard InChI is InChI=1S/C23H22N4O4/c28-21(10-9-18-22(29)31-20-8-4-2-6-17(20)24-18)26-13-11-15(12-14-26)27-19-7-3-1-5-16(19)25-23(27)30/h1-8,15H,9-14H2,(H,25,30). The predicted octanol–water partition coefficient (Wildman–Crippen LogP) is 2.63. The zero-order valence-electron chi connectivity index (χ0n) is 16.9. The lowest BCUT2D eigenvalue weighted by Gasteiger charge is -2.32. The molecule has 0 radical (unpaired) electrons. The molecule has 1 amide bonds. The number of carbonyl (C=O) groups is 1. The van der Waals surface area contributed by atoms with Crippen molar-refractivity contribution >= 4 is 28.0 Å². The molecule has 31 heavy (non-hydrogen) atoms. The number of aromatic nitrogens is 3. The predicted molar refractivity (Wildman–Crippen MR) is 116 cm³/mol. The molecule has 0 bridgehead atoms. The molecule has 8 nitrogen and oxygen atoms in total. The molecule has 5 rings (SSSR count). The molecular formula is C23H22N4O4. The highest BCUT2D eigenvalue weighted by Crippen LogP contribution is 2.25. The second-order valence-corrected chi connectivity index (χ2v) is 7.85. The van der Waals surface area contributed by atoms with E-state index in [1.807, 2.05) is 30.3 Å². The van der Waals surface area contributed by atoms with Crippen LogP contribution in [-0.4, -0.2) is 38.4 Å². The topological polar surface area (TPSA) is 101 Å². The Hall–Kier alpha value is -3.68. The Bertz CT molecular complexity index is 1380. The van der Waals surface area contributed by atoms with Gasteiger partial charge < -0.3 is 14.3 Å². The van der Waals surface area contributed by atoms with Gasteiger partial charge in [-0.1, -0.05) is 24.3 Å². The number of para-hydroxylation sites is 4. The van der Waals surface area contributed by atoms with Crippen molar-refractivity contribution in [3.05, 3.63) is 75.1 Å². The van der Waals surface area contributed by atoms with E-state index in [9.17, 15) is 14.4 Å². The minimum absolute atomic E-state index is 0.0147. The van der Waals surface area contributed by atoms with Crippen LogP contribution in [0, 0.1) is 0 Å². The van der Waals surface area contributed by atoms with Gasteiger partial charge in [-0.25, -0.2) is 14.6 Å². The first-order valence-corrected chi connectivity index (χ1v) is 10.5. The molecule has 8 heteroatoms. The van der Waals surface area contributed by atoms with Crippen molar-refractivity contribution in [3.8, 4) is 0 Å². The first-order chi connectivity index (χ1) is 15.1. The summed E-state index contributed by atoms with van der Waals surface area (Å²) in [5.41, 5.74) is 2.43. The number of benzene rings is 2. The average Bonchev–Trinajstić information content (AvgIpc) is 3.13. The van der Waals surface area contributed by atoms with Crippen molar-refractivity contribution in [1.29, 1.82) is 0 Å². The number of aryl methyl sites for hydroxylation is 1. The van der Waals surface area contributed by atoms with Crippen LogP contribution in [0.1, 0.15) is 31.0 Å². The van der Waals surface area contributed by atoms with Crippen LogP contribution >= 0.6 is 0 Å². The van der Waals surface area contributed by atoms with E-state index in [1.165, 1.54) is 0 Å². The van der Waals surface area contributed by atoms with Crippen molar-refractivity contribution in [2.45, 2.75) is 31.7 Å². The molecule has 1 aliphatic heterocycles. The quantitative estimate of drug-likeness (QED) is 0.549. The minimum Gasteiger partial charge on any atom is -0.420 e. The molecule has 1 aliphatic rings. The largest absolute Gasteiger partial charge is 0.420 e. The van der Waals surface area contributed by atoms with Crippen LogP contribution in [-0.2, 0) is 11.2 Å². The molecule has 2 aromatic heterocycles. The molecule has 4 aromatic rings. The second-order valence-electron chi connectivity index (χ2n) is 7.85. The van der Waals surface area contributed by atoms with E-state index in [2.05, 4.69) is 9.97 Å². The first-order valence-electron chi connectivity index (χ1n) is 10.5. The summed E-state index contributed by atoms with van der Waals surface area (Å²) in [5.74, 6) is -0.0147. The zero-order valence-corrected chi connectivity index (χ0v) is 16.9. The van der Waals surface area contributed by atoms with E-state index in [0.717, 1.165) is 11.0 Å². The van der Waals surface area contributed by atoms with Crippen LogP contribution < -0.4 is 11.3 Å². The van der Waals surface area contributed by atoms with Gasteiger partial charge in [0.15, 0.2) is 5.58 Å². The van der Waals surface area contributed by atoms with Crippen LogP contribution in [0.4, 0.5) is 0 Å². The number of fused-ring (bicyclic) bond motifs is 2. The van der Waals surface area contributed by atoms with E-state index < -0.39 is 5.63 Å². The number of hydrogen-bond acceptors (Lipinski definition) is 5. The number of imidazole rings is 1. The normalized spacial score (nSPS) is 15.0. The SMILES string of the molecule is O=C(CCc1nc2ccccc2oc1=O)N1CCC(n2c(=O)[nH]c3ccccc32)CC1. The lowest BCUT2D eigenvalue weighted by atomic mass is 10.0. The highest BCUT2D eigenvalue weighted by atomic mass is 16.4. The third kappa shape index (κ3) is 3.65. The number of likely N-dealkylation sites (tertiary alicyclic amines) is 1. The zero-order chi connectivity index (χ0) is 21.4. The van der Waals surface area contributed by atoms with Gasteiger partial charge in [-0.05, 0) is 37.1 Å². The van der Waals surface area contributed by atoms with Gasteiger partial charge in [0.05, 0.1) is 11.0 Å².